The lowest BCUT2D eigenvalue weighted by Gasteiger charge is -2.22. The lowest BCUT2D eigenvalue weighted by Crippen LogP contribution is -2.25. The monoisotopic (exact) mass is 282 g/mol. The van der Waals surface area contributed by atoms with Crippen LogP contribution in [0.2, 0.25) is 0 Å². The predicted molar refractivity (Wildman–Crippen MR) is 80.7 cm³/mol. The van der Waals surface area contributed by atoms with E-state index in [9.17, 15) is 0 Å². The second-order valence-corrected chi connectivity index (χ2v) is 7.21. The summed E-state index contributed by atoms with van der Waals surface area (Å²) in [5.41, 5.74) is 1.33. The molecule has 2 heterocycles. The summed E-state index contributed by atoms with van der Waals surface area (Å²) in [7, 11) is 0. The number of nitrogens with zero attached hydrogens (tertiary/aromatic N) is 1. The molecule has 0 amide bonds. The van der Waals surface area contributed by atoms with E-state index < -0.39 is 0 Å². The van der Waals surface area contributed by atoms with Crippen molar-refractivity contribution < 1.29 is 4.74 Å². The molecular formula is C15H26N2OS. The molecule has 1 N–H and O–H groups in total. The normalized spacial score (nSPS) is 20.7. The maximum atomic E-state index is 5.73. The third-order valence-electron chi connectivity index (χ3n) is 3.42. The molecule has 1 saturated heterocycles. The van der Waals surface area contributed by atoms with Crippen LogP contribution in [0, 0.1) is 0 Å². The van der Waals surface area contributed by atoms with Crippen molar-refractivity contribution in [2.24, 2.45) is 0 Å². The van der Waals surface area contributed by atoms with Gasteiger partial charge in [0.15, 0.2) is 0 Å². The summed E-state index contributed by atoms with van der Waals surface area (Å²) in [6, 6.07) is 0. The van der Waals surface area contributed by atoms with Crippen LogP contribution in [-0.2, 0) is 16.7 Å². The van der Waals surface area contributed by atoms with Crippen LogP contribution < -0.4 is 5.32 Å². The van der Waals surface area contributed by atoms with Crippen molar-refractivity contribution in [2.45, 2.75) is 64.5 Å². The minimum atomic E-state index is 0.166. The van der Waals surface area contributed by atoms with E-state index in [1.54, 1.807) is 11.3 Å². The molecule has 1 aliphatic rings. The number of hydrogen-bond donors (Lipinski definition) is 1. The van der Waals surface area contributed by atoms with Crippen molar-refractivity contribution in [1.82, 2.24) is 10.3 Å². The Bertz CT molecular complexity index is 378. The van der Waals surface area contributed by atoms with E-state index in [4.69, 9.17) is 9.72 Å². The van der Waals surface area contributed by atoms with Gasteiger partial charge in [0.25, 0.3) is 0 Å². The van der Waals surface area contributed by atoms with Crippen molar-refractivity contribution in [3.05, 3.63) is 16.1 Å². The van der Waals surface area contributed by atoms with Crippen molar-refractivity contribution in [2.75, 3.05) is 13.2 Å². The van der Waals surface area contributed by atoms with Crippen LogP contribution in [0.1, 0.15) is 57.2 Å². The van der Waals surface area contributed by atoms with Crippen LogP contribution in [0.3, 0.4) is 0 Å². The maximum Gasteiger partial charge on any atom is 0.0982 e. The molecule has 1 aromatic heterocycles. The molecule has 19 heavy (non-hydrogen) atoms. The van der Waals surface area contributed by atoms with Gasteiger partial charge in [-0.15, -0.1) is 11.3 Å². The molecule has 0 aromatic carbocycles. The smallest absolute Gasteiger partial charge is 0.0982 e. The molecule has 0 spiro atoms. The van der Waals surface area contributed by atoms with E-state index >= 15 is 0 Å². The highest BCUT2D eigenvalue weighted by Crippen LogP contribution is 2.25. The van der Waals surface area contributed by atoms with E-state index in [2.05, 4.69) is 31.5 Å². The van der Waals surface area contributed by atoms with Crippen LogP contribution in [0.25, 0.3) is 0 Å². The molecule has 1 aliphatic heterocycles. The number of rotatable bonds is 5. The Morgan fingerprint density at radius 3 is 2.89 bits per heavy atom. The summed E-state index contributed by atoms with van der Waals surface area (Å²) in [5.74, 6) is 0. The Balaban J connectivity index is 1.66. The topological polar surface area (TPSA) is 34.2 Å². The first-order chi connectivity index (χ1) is 9.05. The first-order valence-corrected chi connectivity index (χ1v) is 8.21. The number of aromatic nitrogens is 1. The molecule has 0 saturated carbocycles. The first-order valence-electron chi connectivity index (χ1n) is 7.33. The van der Waals surface area contributed by atoms with Gasteiger partial charge in [0.2, 0.25) is 0 Å². The van der Waals surface area contributed by atoms with Gasteiger partial charge in [-0.3, -0.25) is 0 Å². The number of thiazole rings is 1. The first kappa shape index (κ1) is 14.9. The second-order valence-electron chi connectivity index (χ2n) is 6.35. The number of nitrogens with one attached hydrogen (secondary N) is 1. The van der Waals surface area contributed by atoms with Gasteiger partial charge in [0.05, 0.1) is 16.8 Å². The zero-order valence-electron chi connectivity index (χ0n) is 12.4. The van der Waals surface area contributed by atoms with Gasteiger partial charge in [-0.05, 0) is 32.2 Å². The number of hydrogen-bond acceptors (Lipinski definition) is 4. The lowest BCUT2D eigenvalue weighted by atomic mass is 9.98. The molecule has 2 rings (SSSR count). The number of ether oxygens (including phenoxy) is 1. The predicted octanol–water partition coefficient (Wildman–Crippen LogP) is 3.49. The van der Waals surface area contributed by atoms with E-state index in [1.165, 1.54) is 30.0 Å². The Kier molecular flexibility index (Phi) is 5.37. The second kappa shape index (κ2) is 6.82. The van der Waals surface area contributed by atoms with Gasteiger partial charge in [0.1, 0.15) is 0 Å². The minimum Gasteiger partial charge on any atom is -0.378 e. The zero-order valence-corrected chi connectivity index (χ0v) is 13.2. The highest BCUT2D eigenvalue weighted by molar-refractivity contribution is 7.09. The van der Waals surface area contributed by atoms with Gasteiger partial charge in [-0.25, -0.2) is 4.98 Å². The summed E-state index contributed by atoms with van der Waals surface area (Å²) in [4.78, 5) is 4.69. The molecule has 108 valence electrons. The minimum absolute atomic E-state index is 0.166. The van der Waals surface area contributed by atoms with Crippen molar-refractivity contribution in [1.29, 1.82) is 0 Å². The summed E-state index contributed by atoms with van der Waals surface area (Å²) in [5, 5.41) is 6.87. The molecule has 1 atom stereocenters. The quantitative estimate of drug-likeness (QED) is 0.839. The fourth-order valence-electron chi connectivity index (χ4n) is 2.25. The van der Waals surface area contributed by atoms with Gasteiger partial charge in [-0.1, -0.05) is 20.8 Å². The average molecular weight is 282 g/mol. The van der Waals surface area contributed by atoms with Crippen LogP contribution >= 0.6 is 11.3 Å². The highest BCUT2D eigenvalue weighted by Gasteiger charge is 2.18. The fourth-order valence-corrected chi connectivity index (χ4v) is 3.15. The lowest BCUT2D eigenvalue weighted by molar-refractivity contribution is 0.0115. The largest absolute Gasteiger partial charge is 0.378 e. The van der Waals surface area contributed by atoms with Gasteiger partial charge < -0.3 is 10.1 Å². The molecule has 0 radical (unpaired) electrons. The standard InChI is InChI=1S/C15H26N2OS/c1-15(2,3)14-17-12(11-19-14)10-16-8-7-13-6-4-5-9-18-13/h11,13,16H,4-10H2,1-3H3. The molecule has 1 fully saturated rings. The van der Waals surface area contributed by atoms with E-state index in [0.717, 1.165) is 26.1 Å². The maximum absolute atomic E-state index is 5.73. The van der Waals surface area contributed by atoms with Gasteiger partial charge in [0, 0.05) is 23.9 Å². The van der Waals surface area contributed by atoms with Gasteiger partial charge in [-0.2, -0.15) is 0 Å². The Hall–Kier alpha value is -0.450. The Labute approximate surface area is 120 Å². The average Bonchev–Trinajstić information content (AvgIpc) is 2.85. The Morgan fingerprint density at radius 2 is 2.26 bits per heavy atom. The van der Waals surface area contributed by atoms with Crippen LogP contribution in [0.5, 0.6) is 0 Å². The highest BCUT2D eigenvalue weighted by atomic mass is 32.1. The summed E-state index contributed by atoms with van der Waals surface area (Å²) < 4.78 is 5.73. The van der Waals surface area contributed by atoms with E-state index in [0.29, 0.717) is 6.10 Å². The van der Waals surface area contributed by atoms with Gasteiger partial charge >= 0.3 is 0 Å². The molecule has 0 bridgehead atoms. The molecule has 3 nitrogen and oxygen atoms in total. The molecule has 4 heteroatoms. The van der Waals surface area contributed by atoms with Crippen molar-refractivity contribution in [3.63, 3.8) is 0 Å². The van der Waals surface area contributed by atoms with E-state index in [1.807, 2.05) is 0 Å². The zero-order chi connectivity index (χ0) is 13.7. The molecular weight excluding hydrogens is 256 g/mol. The van der Waals surface area contributed by atoms with Crippen LogP contribution in [0.4, 0.5) is 0 Å². The summed E-state index contributed by atoms with van der Waals surface area (Å²) in [6.45, 7) is 9.48. The third kappa shape index (κ3) is 4.86. The Morgan fingerprint density at radius 1 is 1.42 bits per heavy atom. The van der Waals surface area contributed by atoms with E-state index in [-0.39, 0.29) is 5.41 Å². The SMILES string of the molecule is CC(C)(C)c1nc(CNCCC2CCCCO2)cs1. The summed E-state index contributed by atoms with van der Waals surface area (Å²) >= 11 is 1.77. The fraction of sp³-hybridized carbons (Fsp3) is 0.800. The van der Waals surface area contributed by atoms with Crippen LogP contribution in [-0.4, -0.2) is 24.2 Å². The molecule has 0 aliphatic carbocycles. The summed E-state index contributed by atoms with van der Waals surface area (Å²) in [6.07, 6.45) is 5.38. The van der Waals surface area contributed by atoms with Crippen molar-refractivity contribution >= 4 is 11.3 Å². The molecule has 1 unspecified atom stereocenters. The third-order valence-corrected chi connectivity index (χ3v) is 4.73. The van der Waals surface area contributed by atoms with Crippen LogP contribution in [0.15, 0.2) is 5.38 Å². The molecule has 1 aromatic rings. The van der Waals surface area contributed by atoms with Crippen molar-refractivity contribution in [3.8, 4) is 0 Å².